The second-order valence-electron chi connectivity index (χ2n) is 3.56. The predicted octanol–water partition coefficient (Wildman–Crippen LogP) is 2.56. The molecule has 0 bridgehead atoms. The summed E-state index contributed by atoms with van der Waals surface area (Å²) < 4.78 is 0. The van der Waals surface area contributed by atoms with Gasteiger partial charge in [0.05, 0.1) is 11.9 Å². The first kappa shape index (κ1) is 11.8. The Labute approximate surface area is 81.5 Å². The van der Waals surface area contributed by atoms with Gasteiger partial charge >= 0.3 is 0 Å². The van der Waals surface area contributed by atoms with Crippen LogP contribution in [0.2, 0.25) is 0 Å². The summed E-state index contributed by atoms with van der Waals surface area (Å²) in [6.45, 7) is 8.47. The van der Waals surface area contributed by atoms with Gasteiger partial charge in [-0.1, -0.05) is 20.8 Å². The summed E-state index contributed by atoms with van der Waals surface area (Å²) in [5.74, 6) is 0.833. The van der Waals surface area contributed by atoms with Gasteiger partial charge in [-0.15, -0.1) is 0 Å². The van der Waals surface area contributed by atoms with Gasteiger partial charge in [-0.2, -0.15) is 5.10 Å². The third-order valence-electron chi connectivity index (χ3n) is 1.13. The molecule has 1 aromatic heterocycles. The smallest absolute Gasteiger partial charge is 0.0621 e. The van der Waals surface area contributed by atoms with Crippen molar-refractivity contribution in [2.75, 3.05) is 0 Å². The summed E-state index contributed by atoms with van der Waals surface area (Å²) in [7, 11) is 0. The average molecular weight is 183 g/mol. The fraction of sp³-hybridized carbons (Fsp3) is 0.500. The van der Waals surface area contributed by atoms with Crippen molar-refractivity contribution in [3.05, 3.63) is 23.7 Å². The fourth-order valence-electron chi connectivity index (χ4n) is 0.621. The van der Waals surface area contributed by atoms with E-state index in [1.165, 1.54) is 6.20 Å². The normalized spacial score (nSPS) is 10.2. The highest BCUT2D eigenvalue weighted by atomic mass is 15.1. The van der Waals surface area contributed by atoms with Crippen LogP contribution in [-0.4, -0.2) is 10.2 Å². The number of hydrogen-bond donors (Lipinski definition) is 2. The van der Waals surface area contributed by atoms with Gasteiger partial charge in [0.15, 0.2) is 0 Å². The predicted molar refractivity (Wildman–Crippen MR) is 59.2 cm³/mol. The highest BCUT2D eigenvalue weighted by Crippen LogP contribution is 2.02. The minimum absolute atomic E-state index is 0. The molecule has 0 aliphatic heterocycles. The lowest BCUT2D eigenvalue weighted by atomic mass is 10.3. The van der Waals surface area contributed by atoms with Crippen LogP contribution in [0, 0.1) is 12.8 Å². The van der Waals surface area contributed by atoms with Crippen LogP contribution in [0.3, 0.4) is 0 Å². The maximum atomic E-state index is 5.16. The minimum Gasteiger partial charge on any atom is -0.405 e. The Morgan fingerprint density at radius 3 is 2.38 bits per heavy atom. The third kappa shape index (κ3) is 5.96. The molecule has 1 heterocycles. The van der Waals surface area contributed by atoms with Gasteiger partial charge < -0.3 is 5.73 Å². The quantitative estimate of drug-likeness (QED) is 0.703. The van der Waals surface area contributed by atoms with E-state index in [9.17, 15) is 0 Å². The molecule has 0 spiro atoms. The van der Waals surface area contributed by atoms with E-state index in [2.05, 4.69) is 31.0 Å². The summed E-state index contributed by atoms with van der Waals surface area (Å²) in [5, 5.41) is 6.60. The molecule has 0 radical (unpaired) electrons. The second-order valence-corrected chi connectivity index (χ2v) is 3.56. The number of rotatable bonds is 1. The van der Waals surface area contributed by atoms with Crippen molar-refractivity contribution in [2.45, 2.75) is 27.7 Å². The molecule has 0 aliphatic carbocycles. The zero-order valence-corrected chi connectivity index (χ0v) is 8.83. The molecule has 0 unspecified atom stereocenters. The first-order valence-electron chi connectivity index (χ1n) is 4.46. The number of aromatic nitrogens is 2. The van der Waals surface area contributed by atoms with Crippen LogP contribution in [0.25, 0.3) is 6.08 Å². The molecule has 0 atom stereocenters. The van der Waals surface area contributed by atoms with Crippen molar-refractivity contribution < 1.29 is 1.43 Å². The molecular weight excluding hydrogens is 162 g/mol. The van der Waals surface area contributed by atoms with Gasteiger partial charge in [-0.05, 0) is 30.7 Å². The maximum Gasteiger partial charge on any atom is 0.0621 e. The van der Waals surface area contributed by atoms with Crippen LogP contribution in [-0.2, 0) is 0 Å². The summed E-state index contributed by atoms with van der Waals surface area (Å²) in [6.07, 6.45) is 5.03. The van der Waals surface area contributed by atoms with E-state index < -0.39 is 0 Å². The number of nitrogens with zero attached hydrogens (tertiary/aromatic N) is 1. The van der Waals surface area contributed by atoms with E-state index in [0.29, 0.717) is 0 Å². The number of hydrogen-bond acceptors (Lipinski definition) is 2. The van der Waals surface area contributed by atoms with Crippen molar-refractivity contribution >= 4 is 6.08 Å². The van der Waals surface area contributed by atoms with Gasteiger partial charge in [0.2, 0.25) is 0 Å². The standard InChI is InChI=1S/C6H9N3.C4H10.H2/c1-5-4-8-9-6(5)2-3-7;1-4(2)3;/h2-4H,7H2,1H3,(H,8,9);4H,1-3H3;1H/b3-2-;;. The average Bonchev–Trinajstić information content (AvgIpc) is 2.36. The summed E-state index contributed by atoms with van der Waals surface area (Å²) in [6, 6.07) is 0. The molecule has 0 saturated heterocycles. The molecule has 3 heteroatoms. The number of aromatic amines is 1. The second kappa shape index (κ2) is 6.29. The maximum absolute atomic E-state index is 5.16. The summed E-state index contributed by atoms with van der Waals surface area (Å²) in [5.41, 5.74) is 7.24. The lowest BCUT2D eigenvalue weighted by Gasteiger charge is -1.83. The monoisotopic (exact) mass is 183 g/mol. The molecule has 1 aromatic rings. The van der Waals surface area contributed by atoms with Crippen LogP contribution < -0.4 is 5.73 Å². The largest absolute Gasteiger partial charge is 0.405 e. The fourth-order valence-corrected chi connectivity index (χ4v) is 0.621. The van der Waals surface area contributed by atoms with Gasteiger partial charge in [-0.25, -0.2) is 0 Å². The highest BCUT2D eigenvalue weighted by Gasteiger charge is 1.91. The molecule has 13 heavy (non-hydrogen) atoms. The molecule has 76 valence electrons. The number of nitrogens with two attached hydrogens (primary N) is 1. The Kier molecular flexibility index (Phi) is 5.68. The third-order valence-corrected chi connectivity index (χ3v) is 1.13. The van der Waals surface area contributed by atoms with E-state index in [1.54, 1.807) is 12.3 Å². The van der Waals surface area contributed by atoms with E-state index in [4.69, 9.17) is 5.73 Å². The van der Waals surface area contributed by atoms with E-state index in [1.807, 2.05) is 6.92 Å². The Hall–Kier alpha value is -1.25. The number of aryl methyl sites for hydroxylation is 1. The SMILES string of the molecule is CC(C)C.Cc1cn[nH]c1/C=C\N.[HH]. The molecule has 0 aliphatic rings. The molecule has 1 rings (SSSR count). The first-order chi connectivity index (χ1) is 6.07. The molecule has 0 fully saturated rings. The lowest BCUT2D eigenvalue weighted by molar-refractivity contribution is 0.737. The van der Waals surface area contributed by atoms with E-state index in [-0.39, 0.29) is 1.43 Å². The van der Waals surface area contributed by atoms with Crippen molar-refractivity contribution in [1.82, 2.24) is 10.2 Å². The molecule has 3 nitrogen and oxygen atoms in total. The van der Waals surface area contributed by atoms with Gasteiger partial charge in [0.1, 0.15) is 0 Å². The van der Waals surface area contributed by atoms with Crippen LogP contribution >= 0.6 is 0 Å². The van der Waals surface area contributed by atoms with Crippen molar-refractivity contribution in [1.29, 1.82) is 0 Å². The first-order valence-corrected chi connectivity index (χ1v) is 4.46. The van der Waals surface area contributed by atoms with Crippen molar-refractivity contribution in [3.63, 3.8) is 0 Å². The lowest BCUT2D eigenvalue weighted by Crippen LogP contribution is -1.79. The zero-order valence-electron chi connectivity index (χ0n) is 8.83. The highest BCUT2D eigenvalue weighted by molar-refractivity contribution is 5.46. The van der Waals surface area contributed by atoms with Gasteiger partial charge in [0.25, 0.3) is 0 Å². The Bertz CT molecular complexity index is 251. The number of nitrogens with one attached hydrogen (secondary N) is 1. The molecule has 3 N–H and O–H groups in total. The Morgan fingerprint density at radius 2 is 2.08 bits per heavy atom. The number of H-pyrrole nitrogens is 1. The van der Waals surface area contributed by atoms with E-state index in [0.717, 1.165) is 17.2 Å². The van der Waals surface area contributed by atoms with Crippen molar-refractivity contribution in [3.8, 4) is 0 Å². The van der Waals surface area contributed by atoms with Gasteiger partial charge in [0, 0.05) is 1.43 Å². The van der Waals surface area contributed by atoms with Crippen LogP contribution in [0.15, 0.2) is 12.4 Å². The summed E-state index contributed by atoms with van der Waals surface area (Å²) >= 11 is 0. The van der Waals surface area contributed by atoms with Crippen LogP contribution in [0.4, 0.5) is 0 Å². The van der Waals surface area contributed by atoms with Crippen LogP contribution in [0.1, 0.15) is 33.5 Å². The van der Waals surface area contributed by atoms with Crippen LogP contribution in [0.5, 0.6) is 0 Å². The summed E-state index contributed by atoms with van der Waals surface area (Å²) in [4.78, 5) is 0. The molecule has 0 saturated carbocycles. The van der Waals surface area contributed by atoms with Gasteiger partial charge in [-0.3, -0.25) is 5.10 Å². The topological polar surface area (TPSA) is 54.7 Å². The Morgan fingerprint density at radius 1 is 1.54 bits per heavy atom. The van der Waals surface area contributed by atoms with E-state index >= 15 is 0 Å². The zero-order chi connectivity index (χ0) is 10.3. The van der Waals surface area contributed by atoms with Crippen molar-refractivity contribution in [2.24, 2.45) is 11.7 Å². The minimum atomic E-state index is 0. The molecule has 0 aromatic carbocycles. The Balaban J connectivity index is 0. The molecule has 0 amide bonds. The molecular formula is C10H21N3.